The third-order valence-electron chi connectivity index (χ3n) is 3.74. The van der Waals surface area contributed by atoms with Crippen molar-refractivity contribution in [2.24, 2.45) is 11.8 Å². The molecule has 2 heteroatoms. The summed E-state index contributed by atoms with van der Waals surface area (Å²) in [4.78, 5) is 0. The summed E-state index contributed by atoms with van der Waals surface area (Å²) in [6.07, 6.45) is 6.24. The standard InChI is InChI=1S/C18H29FO.H2/c1-5-7-16(8-6-2)11-15(4)13-20-18-10-9-14(3)12-17(18)19;/h9-10,12,15-16H,5-8,11,13H2,1-4H3;1H. The summed E-state index contributed by atoms with van der Waals surface area (Å²) in [7, 11) is 0. The predicted molar refractivity (Wildman–Crippen MR) is 85.8 cm³/mol. The van der Waals surface area contributed by atoms with Crippen LogP contribution in [0.25, 0.3) is 0 Å². The number of halogens is 1. The molecule has 0 bridgehead atoms. The van der Waals surface area contributed by atoms with E-state index >= 15 is 0 Å². The van der Waals surface area contributed by atoms with Crippen LogP contribution in [0.4, 0.5) is 4.39 Å². The minimum absolute atomic E-state index is 0. The molecule has 0 saturated heterocycles. The lowest BCUT2D eigenvalue weighted by Crippen LogP contribution is -2.14. The van der Waals surface area contributed by atoms with E-state index < -0.39 is 0 Å². The van der Waals surface area contributed by atoms with Crippen molar-refractivity contribution in [3.8, 4) is 5.75 Å². The van der Waals surface area contributed by atoms with Gasteiger partial charge in [-0.1, -0.05) is 52.5 Å². The topological polar surface area (TPSA) is 9.23 Å². The van der Waals surface area contributed by atoms with Gasteiger partial charge in [0.1, 0.15) is 0 Å². The Labute approximate surface area is 125 Å². The summed E-state index contributed by atoms with van der Waals surface area (Å²) in [5.41, 5.74) is 0.925. The lowest BCUT2D eigenvalue weighted by molar-refractivity contribution is 0.217. The predicted octanol–water partition coefficient (Wildman–Crippen LogP) is 6.00. The van der Waals surface area contributed by atoms with E-state index in [1.165, 1.54) is 38.2 Å². The highest BCUT2D eigenvalue weighted by Gasteiger charge is 2.13. The van der Waals surface area contributed by atoms with Gasteiger partial charge in [0.2, 0.25) is 0 Å². The molecule has 116 valence electrons. The third-order valence-corrected chi connectivity index (χ3v) is 3.74. The summed E-state index contributed by atoms with van der Waals surface area (Å²) in [5.74, 6) is 1.38. The van der Waals surface area contributed by atoms with E-state index in [9.17, 15) is 4.39 Å². The van der Waals surface area contributed by atoms with Gasteiger partial charge in [-0.05, 0) is 42.9 Å². The molecule has 1 aromatic rings. The zero-order valence-corrected chi connectivity index (χ0v) is 13.4. The van der Waals surface area contributed by atoms with E-state index in [2.05, 4.69) is 20.8 Å². The van der Waals surface area contributed by atoms with Crippen molar-refractivity contribution in [3.05, 3.63) is 29.6 Å². The monoisotopic (exact) mass is 282 g/mol. The number of hydrogen-bond acceptors (Lipinski definition) is 1. The highest BCUT2D eigenvalue weighted by atomic mass is 19.1. The molecule has 1 atom stereocenters. The molecule has 0 fully saturated rings. The fraction of sp³-hybridized carbons (Fsp3) is 0.667. The van der Waals surface area contributed by atoms with Gasteiger partial charge in [0.25, 0.3) is 0 Å². The molecule has 0 heterocycles. The highest BCUT2D eigenvalue weighted by molar-refractivity contribution is 5.28. The van der Waals surface area contributed by atoms with Crippen LogP contribution in [0.15, 0.2) is 18.2 Å². The van der Waals surface area contributed by atoms with Crippen molar-refractivity contribution in [3.63, 3.8) is 0 Å². The van der Waals surface area contributed by atoms with Gasteiger partial charge in [0.05, 0.1) is 6.61 Å². The van der Waals surface area contributed by atoms with Gasteiger partial charge < -0.3 is 4.74 Å². The van der Waals surface area contributed by atoms with Crippen molar-refractivity contribution in [1.29, 1.82) is 0 Å². The zero-order valence-electron chi connectivity index (χ0n) is 13.4. The Morgan fingerprint density at radius 3 is 2.40 bits per heavy atom. The van der Waals surface area contributed by atoms with Crippen LogP contribution in [0.5, 0.6) is 5.75 Å². The van der Waals surface area contributed by atoms with Crippen LogP contribution >= 0.6 is 0 Å². The second-order valence-corrected chi connectivity index (χ2v) is 6.03. The number of aryl methyl sites for hydroxylation is 1. The van der Waals surface area contributed by atoms with Crippen LogP contribution in [0.1, 0.15) is 59.9 Å². The number of benzene rings is 1. The van der Waals surface area contributed by atoms with E-state index in [0.717, 1.165) is 11.5 Å². The molecule has 1 unspecified atom stereocenters. The molecular formula is C18H31FO. The van der Waals surface area contributed by atoms with E-state index in [-0.39, 0.29) is 7.24 Å². The maximum Gasteiger partial charge on any atom is 0.165 e. The summed E-state index contributed by atoms with van der Waals surface area (Å²) in [6, 6.07) is 5.14. The lowest BCUT2D eigenvalue weighted by atomic mass is 9.89. The maximum atomic E-state index is 13.7. The van der Waals surface area contributed by atoms with Gasteiger partial charge in [0, 0.05) is 1.43 Å². The molecule has 20 heavy (non-hydrogen) atoms. The zero-order chi connectivity index (χ0) is 15.0. The first-order valence-electron chi connectivity index (χ1n) is 7.95. The minimum Gasteiger partial charge on any atom is -0.490 e. The molecule has 0 radical (unpaired) electrons. The van der Waals surface area contributed by atoms with Gasteiger partial charge in [-0.25, -0.2) is 4.39 Å². The molecule has 0 spiro atoms. The SMILES string of the molecule is CCCC(CCC)CC(C)COc1ccc(C)cc1F.[HH]. The average molecular weight is 282 g/mol. The van der Waals surface area contributed by atoms with Gasteiger partial charge in [-0.3, -0.25) is 0 Å². The van der Waals surface area contributed by atoms with E-state index in [1.807, 2.05) is 13.0 Å². The Balaban J connectivity index is 0.00000400. The molecule has 0 saturated carbocycles. The summed E-state index contributed by atoms with van der Waals surface area (Å²) in [5, 5.41) is 0. The molecule has 0 aromatic heterocycles. The van der Waals surface area contributed by atoms with Crippen LogP contribution in [0, 0.1) is 24.6 Å². The summed E-state index contributed by atoms with van der Waals surface area (Å²) < 4.78 is 19.3. The molecule has 0 aliphatic heterocycles. The molecule has 1 nitrogen and oxygen atoms in total. The van der Waals surface area contributed by atoms with E-state index in [4.69, 9.17) is 4.74 Å². The summed E-state index contributed by atoms with van der Waals surface area (Å²) >= 11 is 0. The first-order valence-corrected chi connectivity index (χ1v) is 7.95. The molecular weight excluding hydrogens is 251 g/mol. The first kappa shape index (κ1) is 17.0. The van der Waals surface area contributed by atoms with E-state index in [1.54, 1.807) is 6.07 Å². The number of hydrogen-bond donors (Lipinski definition) is 0. The van der Waals surface area contributed by atoms with E-state index in [0.29, 0.717) is 18.3 Å². The smallest absolute Gasteiger partial charge is 0.165 e. The fourth-order valence-corrected chi connectivity index (χ4v) is 2.79. The van der Waals surface area contributed by atoms with Gasteiger partial charge in [-0.15, -0.1) is 0 Å². The average Bonchev–Trinajstić information content (AvgIpc) is 2.38. The van der Waals surface area contributed by atoms with Crippen LogP contribution < -0.4 is 4.74 Å². The van der Waals surface area contributed by atoms with Crippen LogP contribution in [0.2, 0.25) is 0 Å². The third kappa shape index (κ3) is 5.94. The Morgan fingerprint density at radius 2 is 1.85 bits per heavy atom. The largest absolute Gasteiger partial charge is 0.490 e. The molecule has 1 rings (SSSR count). The maximum absolute atomic E-state index is 13.7. The molecule has 1 aromatic carbocycles. The second kappa shape index (κ2) is 8.99. The summed E-state index contributed by atoms with van der Waals surface area (Å²) in [6.45, 7) is 9.17. The van der Waals surface area contributed by atoms with Crippen molar-refractivity contribution in [1.82, 2.24) is 0 Å². The van der Waals surface area contributed by atoms with Gasteiger partial charge in [0.15, 0.2) is 11.6 Å². The van der Waals surface area contributed by atoms with Crippen molar-refractivity contribution >= 4 is 0 Å². The Kier molecular flexibility index (Phi) is 7.64. The fourth-order valence-electron chi connectivity index (χ4n) is 2.79. The lowest BCUT2D eigenvalue weighted by Gasteiger charge is -2.20. The van der Waals surface area contributed by atoms with Crippen LogP contribution in [-0.4, -0.2) is 6.61 Å². The number of ether oxygens (including phenoxy) is 1. The molecule has 0 aliphatic rings. The van der Waals surface area contributed by atoms with Crippen LogP contribution in [0.3, 0.4) is 0 Å². The molecule has 0 amide bonds. The van der Waals surface area contributed by atoms with Crippen molar-refractivity contribution < 1.29 is 10.6 Å². The van der Waals surface area contributed by atoms with Gasteiger partial charge >= 0.3 is 0 Å². The van der Waals surface area contributed by atoms with Gasteiger partial charge in [-0.2, -0.15) is 0 Å². The van der Waals surface area contributed by atoms with Crippen LogP contribution in [-0.2, 0) is 0 Å². The normalized spacial score (nSPS) is 12.7. The highest BCUT2D eigenvalue weighted by Crippen LogP contribution is 2.24. The second-order valence-electron chi connectivity index (χ2n) is 6.03. The molecule has 0 N–H and O–H groups in total. The Bertz CT molecular complexity index is 389. The quantitative estimate of drug-likeness (QED) is 0.539. The Morgan fingerprint density at radius 1 is 1.20 bits per heavy atom. The Hall–Kier alpha value is -1.05. The van der Waals surface area contributed by atoms with Crippen molar-refractivity contribution in [2.75, 3.05) is 6.61 Å². The van der Waals surface area contributed by atoms with Crippen molar-refractivity contribution in [2.45, 2.75) is 59.8 Å². The molecule has 0 aliphatic carbocycles. The first-order chi connectivity index (χ1) is 9.56. The minimum atomic E-state index is -0.254. The number of rotatable bonds is 9.